The van der Waals surface area contributed by atoms with Gasteiger partial charge >= 0.3 is 5.69 Å². The zero-order valence-corrected chi connectivity index (χ0v) is 14.2. The van der Waals surface area contributed by atoms with Gasteiger partial charge < -0.3 is 14.6 Å². The Hall–Kier alpha value is -3.02. The molecular formula is C19H19N3O3. The second-order valence-corrected chi connectivity index (χ2v) is 6.49. The first-order chi connectivity index (χ1) is 12.0. The van der Waals surface area contributed by atoms with E-state index in [0.29, 0.717) is 18.7 Å². The van der Waals surface area contributed by atoms with Gasteiger partial charge in [0.05, 0.1) is 24.1 Å². The smallest absolute Gasteiger partial charge is 0.326 e. The number of imidazole rings is 1. The first-order valence-electron chi connectivity index (χ1n) is 8.22. The number of aryl methyl sites for hydroxylation is 2. The number of benzene rings is 2. The van der Waals surface area contributed by atoms with E-state index in [1.807, 2.05) is 31.2 Å². The number of carbonyl (C=O) groups excluding carboxylic acids is 1. The van der Waals surface area contributed by atoms with Crippen LogP contribution in [-0.4, -0.2) is 39.6 Å². The summed E-state index contributed by atoms with van der Waals surface area (Å²) in [6, 6.07) is 13.2. The number of nitrogens with zero attached hydrogens (tertiary/aromatic N) is 2. The molecule has 0 saturated carbocycles. The van der Waals surface area contributed by atoms with Crippen molar-refractivity contribution < 1.29 is 9.53 Å². The third kappa shape index (κ3) is 2.80. The molecule has 6 nitrogen and oxygen atoms in total. The topological polar surface area (TPSA) is 67.3 Å². The summed E-state index contributed by atoms with van der Waals surface area (Å²) in [6.07, 6.45) is 0.0195. The van der Waals surface area contributed by atoms with Crippen LogP contribution in [0.2, 0.25) is 0 Å². The second kappa shape index (κ2) is 5.81. The van der Waals surface area contributed by atoms with Crippen molar-refractivity contribution in [2.75, 3.05) is 13.1 Å². The minimum absolute atomic E-state index is 0.0195. The summed E-state index contributed by atoms with van der Waals surface area (Å²) in [5.74, 6) is 0.792. The van der Waals surface area contributed by atoms with Crippen molar-refractivity contribution in [2.45, 2.75) is 13.0 Å². The summed E-state index contributed by atoms with van der Waals surface area (Å²) in [4.78, 5) is 28.8. The number of H-pyrrole nitrogens is 1. The van der Waals surface area contributed by atoms with Crippen molar-refractivity contribution in [3.8, 4) is 5.75 Å². The van der Waals surface area contributed by atoms with Gasteiger partial charge in [0.25, 0.3) is 5.91 Å². The Balaban J connectivity index is 1.44. The highest BCUT2D eigenvalue weighted by atomic mass is 16.5. The number of likely N-dealkylation sites (tertiary alicyclic amines) is 1. The average molecular weight is 337 g/mol. The molecule has 128 valence electrons. The van der Waals surface area contributed by atoms with Gasteiger partial charge in [0.1, 0.15) is 11.9 Å². The zero-order valence-electron chi connectivity index (χ0n) is 14.2. The molecule has 4 rings (SSSR count). The van der Waals surface area contributed by atoms with Crippen LogP contribution in [0.15, 0.2) is 47.3 Å². The van der Waals surface area contributed by atoms with Crippen LogP contribution in [-0.2, 0) is 7.05 Å². The number of carbonyl (C=O) groups is 1. The lowest BCUT2D eigenvalue weighted by molar-refractivity contribution is 0.0178. The van der Waals surface area contributed by atoms with Crippen LogP contribution in [0.4, 0.5) is 0 Å². The molecule has 0 atom stereocenters. The van der Waals surface area contributed by atoms with Crippen LogP contribution < -0.4 is 10.4 Å². The number of fused-ring (bicyclic) bond motifs is 1. The molecule has 25 heavy (non-hydrogen) atoms. The van der Waals surface area contributed by atoms with Gasteiger partial charge in [-0.1, -0.05) is 12.1 Å². The fourth-order valence-electron chi connectivity index (χ4n) is 3.10. The monoisotopic (exact) mass is 337 g/mol. The van der Waals surface area contributed by atoms with Crippen molar-refractivity contribution in [2.24, 2.45) is 7.05 Å². The minimum Gasteiger partial charge on any atom is -0.487 e. The third-order valence-corrected chi connectivity index (χ3v) is 4.58. The normalized spacial score (nSPS) is 14.6. The fourth-order valence-corrected chi connectivity index (χ4v) is 3.10. The van der Waals surface area contributed by atoms with Crippen molar-refractivity contribution in [3.05, 3.63) is 64.1 Å². The van der Waals surface area contributed by atoms with Crippen LogP contribution in [0.3, 0.4) is 0 Å². The van der Waals surface area contributed by atoms with E-state index in [4.69, 9.17) is 4.74 Å². The number of hydrogen-bond donors (Lipinski definition) is 1. The van der Waals surface area contributed by atoms with Crippen molar-refractivity contribution in [3.63, 3.8) is 0 Å². The highest BCUT2D eigenvalue weighted by molar-refractivity contribution is 5.97. The molecule has 0 radical (unpaired) electrons. The Labute approximate surface area is 144 Å². The van der Waals surface area contributed by atoms with E-state index >= 15 is 0 Å². The van der Waals surface area contributed by atoms with Gasteiger partial charge in [-0.15, -0.1) is 0 Å². The Morgan fingerprint density at radius 2 is 2.00 bits per heavy atom. The van der Waals surface area contributed by atoms with Crippen LogP contribution in [0.1, 0.15) is 15.9 Å². The molecule has 6 heteroatoms. The Morgan fingerprint density at radius 3 is 2.76 bits per heavy atom. The first-order valence-corrected chi connectivity index (χ1v) is 8.22. The summed E-state index contributed by atoms with van der Waals surface area (Å²) in [5.41, 5.74) is 3.00. The first kappa shape index (κ1) is 15.5. The molecule has 0 spiro atoms. The molecule has 2 aromatic carbocycles. The molecule has 1 aliphatic rings. The second-order valence-electron chi connectivity index (χ2n) is 6.49. The van der Waals surface area contributed by atoms with E-state index in [0.717, 1.165) is 22.3 Å². The standard InChI is InChI=1S/C19H19N3O3/c1-12-4-3-5-14(8-12)25-15-10-22(11-15)18(23)13-6-7-16-17(9-13)21(2)19(24)20-16/h3-9,15H,10-11H2,1-2H3,(H,20,24). The maximum Gasteiger partial charge on any atom is 0.326 e. The molecule has 1 amide bonds. The van der Waals surface area contributed by atoms with Gasteiger partial charge in [-0.05, 0) is 42.8 Å². The van der Waals surface area contributed by atoms with Gasteiger partial charge in [0.15, 0.2) is 0 Å². The Kier molecular flexibility index (Phi) is 3.60. The molecule has 0 aliphatic carbocycles. The van der Waals surface area contributed by atoms with Gasteiger partial charge in [0.2, 0.25) is 0 Å². The largest absolute Gasteiger partial charge is 0.487 e. The van der Waals surface area contributed by atoms with Crippen molar-refractivity contribution in [1.82, 2.24) is 14.5 Å². The lowest BCUT2D eigenvalue weighted by Crippen LogP contribution is -2.56. The number of nitrogens with one attached hydrogen (secondary N) is 1. The molecule has 2 heterocycles. The summed E-state index contributed by atoms with van der Waals surface area (Å²) in [6.45, 7) is 3.15. The zero-order chi connectivity index (χ0) is 17.6. The van der Waals surface area contributed by atoms with Gasteiger partial charge in [-0.3, -0.25) is 9.36 Å². The van der Waals surface area contributed by atoms with E-state index < -0.39 is 0 Å². The number of aromatic nitrogens is 2. The predicted octanol–water partition coefficient (Wildman–Crippen LogP) is 2.08. The van der Waals surface area contributed by atoms with Gasteiger partial charge in [0, 0.05) is 12.6 Å². The molecule has 1 aromatic heterocycles. The molecule has 3 aromatic rings. The SMILES string of the molecule is Cc1cccc(OC2CN(C(=O)c3ccc4[nH]c(=O)n(C)c4c3)C2)c1. The van der Waals surface area contributed by atoms with E-state index in [2.05, 4.69) is 4.98 Å². The Morgan fingerprint density at radius 1 is 1.20 bits per heavy atom. The van der Waals surface area contributed by atoms with E-state index in [-0.39, 0.29) is 17.7 Å². The molecule has 1 saturated heterocycles. The van der Waals surface area contributed by atoms with E-state index in [9.17, 15) is 9.59 Å². The number of amides is 1. The molecule has 1 fully saturated rings. The molecule has 0 unspecified atom stereocenters. The highest BCUT2D eigenvalue weighted by Gasteiger charge is 2.33. The summed E-state index contributed by atoms with van der Waals surface area (Å²) in [5, 5.41) is 0. The van der Waals surface area contributed by atoms with Crippen LogP contribution in [0.25, 0.3) is 11.0 Å². The molecule has 1 N–H and O–H groups in total. The minimum atomic E-state index is -0.185. The van der Waals surface area contributed by atoms with Gasteiger partial charge in [-0.25, -0.2) is 4.79 Å². The maximum absolute atomic E-state index is 12.6. The molecule has 1 aliphatic heterocycles. The van der Waals surface area contributed by atoms with Gasteiger partial charge in [-0.2, -0.15) is 0 Å². The summed E-state index contributed by atoms with van der Waals surface area (Å²) in [7, 11) is 1.69. The summed E-state index contributed by atoms with van der Waals surface area (Å²) < 4.78 is 7.40. The van der Waals surface area contributed by atoms with Crippen LogP contribution >= 0.6 is 0 Å². The average Bonchev–Trinajstić information content (AvgIpc) is 2.84. The molecule has 0 bridgehead atoms. The molecular weight excluding hydrogens is 318 g/mol. The fraction of sp³-hybridized carbons (Fsp3) is 0.263. The summed E-state index contributed by atoms with van der Waals surface area (Å²) >= 11 is 0. The van der Waals surface area contributed by atoms with Crippen LogP contribution in [0, 0.1) is 6.92 Å². The Bertz CT molecular complexity index is 1010. The number of rotatable bonds is 3. The number of ether oxygens (including phenoxy) is 1. The van der Waals surface area contributed by atoms with Crippen molar-refractivity contribution in [1.29, 1.82) is 0 Å². The maximum atomic E-state index is 12.6. The van der Waals surface area contributed by atoms with Crippen LogP contribution in [0.5, 0.6) is 5.75 Å². The number of hydrogen-bond acceptors (Lipinski definition) is 3. The third-order valence-electron chi connectivity index (χ3n) is 4.58. The van der Waals surface area contributed by atoms with E-state index in [1.54, 1.807) is 30.1 Å². The highest BCUT2D eigenvalue weighted by Crippen LogP contribution is 2.22. The quantitative estimate of drug-likeness (QED) is 0.796. The van der Waals surface area contributed by atoms with Crippen molar-refractivity contribution >= 4 is 16.9 Å². The van der Waals surface area contributed by atoms with E-state index in [1.165, 1.54) is 4.57 Å². The lowest BCUT2D eigenvalue weighted by atomic mass is 10.1. The number of aromatic amines is 1. The predicted molar refractivity (Wildman–Crippen MR) is 95.0 cm³/mol. The lowest BCUT2D eigenvalue weighted by Gasteiger charge is -2.39.